The molecule has 3 nitrogen and oxygen atoms in total. The van der Waals surface area contributed by atoms with Gasteiger partial charge in [-0.3, -0.25) is 4.40 Å². The number of fused-ring (bicyclic) bond motifs is 14. The van der Waals surface area contributed by atoms with Gasteiger partial charge < -0.3 is 4.42 Å². The van der Waals surface area contributed by atoms with E-state index in [0.717, 1.165) is 61.0 Å². The number of nitrogens with zero attached hydrogens (tertiary/aromatic N) is 2. The Morgan fingerprint density at radius 3 is 1.61 bits per heavy atom. The van der Waals surface area contributed by atoms with Crippen molar-refractivity contribution in [3.63, 3.8) is 0 Å². The smallest absolute Gasteiger partial charge is 0.156 e. The number of pyridine rings is 1. The van der Waals surface area contributed by atoms with E-state index >= 15 is 0 Å². The SMILES string of the molecule is c1ccc2cc3cc4c(cc3cc2c1)nc1c2sc3cc5ccccc5cc3c2cc(-c2ccc(-c3ccc(-c5ccc(-c6cccc7c6oc6ccccc67)cc5)c5ccccc35)cc2)n41. The van der Waals surface area contributed by atoms with Crippen LogP contribution in [0.5, 0.6) is 0 Å². The van der Waals surface area contributed by atoms with E-state index in [-0.39, 0.29) is 0 Å². The number of hydrogen-bond acceptors (Lipinski definition) is 3. The number of hydrogen-bond donors (Lipinski definition) is 0. The van der Waals surface area contributed by atoms with E-state index in [1.54, 1.807) is 0 Å². The topological polar surface area (TPSA) is 30.4 Å². The fraction of sp³-hybridized carbons (Fsp3) is 0. The molecule has 0 spiro atoms. The Balaban J connectivity index is 0.859. The zero-order valence-corrected chi connectivity index (χ0v) is 36.8. The third-order valence-corrected chi connectivity index (χ3v) is 15.3. The van der Waals surface area contributed by atoms with Crippen LogP contribution in [0.25, 0.3) is 147 Å². The van der Waals surface area contributed by atoms with E-state index in [2.05, 4.69) is 211 Å². The molecule has 0 aliphatic rings. The third-order valence-electron chi connectivity index (χ3n) is 14.1. The minimum Gasteiger partial charge on any atom is -0.455 e. The second kappa shape index (κ2) is 14.0. The molecule has 0 aliphatic carbocycles. The average Bonchev–Trinajstić information content (AvgIpc) is 4.07. The van der Waals surface area contributed by atoms with Crippen molar-refractivity contribution in [2.24, 2.45) is 0 Å². The summed E-state index contributed by atoms with van der Waals surface area (Å²) in [5, 5.41) is 14.6. The van der Waals surface area contributed by atoms with E-state index in [0.29, 0.717) is 0 Å². The highest BCUT2D eigenvalue weighted by Gasteiger charge is 2.20. The molecule has 0 unspecified atom stereocenters. The van der Waals surface area contributed by atoms with Crippen molar-refractivity contribution in [1.82, 2.24) is 9.38 Å². The fourth-order valence-corrected chi connectivity index (χ4v) is 12.1. The highest BCUT2D eigenvalue weighted by atomic mass is 32.1. The molecule has 4 aromatic heterocycles. The standard InChI is InChI=1S/C63H36N2OS/c1-2-11-42-31-46-34-58-56(33-45(46)30-41(42)10-1)64-63-62-55(54-32-43-12-3-4-13-44(43)35-60(54)67-62)36-57(65(58)63)40-26-24-38(25-27-40)48-29-28-47(50-14-5-6-15-51(48)50)37-20-22-39(23-21-37)49-17-9-18-53-52-16-7-8-19-59(52)66-61(49)53/h1-36H. The van der Waals surface area contributed by atoms with Gasteiger partial charge >= 0.3 is 0 Å². The monoisotopic (exact) mass is 868 g/mol. The first-order valence-corrected chi connectivity index (χ1v) is 23.6. The van der Waals surface area contributed by atoms with Gasteiger partial charge in [-0.2, -0.15) is 0 Å². The first kappa shape index (κ1) is 36.7. The molecule has 310 valence electrons. The number of para-hydroxylation sites is 2. The van der Waals surface area contributed by atoms with E-state index in [4.69, 9.17) is 9.40 Å². The summed E-state index contributed by atoms with van der Waals surface area (Å²) in [5.41, 5.74) is 14.3. The van der Waals surface area contributed by atoms with Crippen LogP contribution >= 0.6 is 11.3 Å². The van der Waals surface area contributed by atoms with Crippen LogP contribution < -0.4 is 0 Å². The molecule has 0 bridgehead atoms. The van der Waals surface area contributed by atoms with Crippen molar-refractivity contribution in [2.75, 3.05) is 0 Å². The second-order valence-corrected chi connectivity index (χ2v) is 18.9. The summed E-state index contributed by atoms with van der Waals surface area (Å²) in [5.74, 6) is 0. The zero-order chi connectivity index (χ0) is 43.7. The molecule has 0 radical (unpaired) electrons. The molecule has 0 saturated heterocycles. The normalized spacial score (nSPS) is 12.2. The van der Waals surface area contributed by atoms with Crippen LogP contribution in [0.15, 0.2) is 223 Å². The molecule has 15 aromatic rings. The number of furan rings is 1. The highest BCUT2D eigenvalue weighted by molar-refractivity contribution is 7.26. The number of aromatic nitrogens is 2. The van der Waals surface area contributed by atoms with Crippen LogP contribution in [-0.4, -0.2) is 9.38 Å². The average molecular weight is 869 g/mol. The molecule has 0 N–H and O–H groups in total. The Labute approximate surface area is 388 Å². The lowest BCUT2D eigenvalue weighted by molar-refractivity contribution is 0.670. The van der Waals surface area contributed by atoms with Gasteiger partial charge in [0.2, 0.25) is 0 Å². The molecular weight excluding hydrogens is 833 g/mol. The van der Waals surface area contributed by atoms with Crippen LogP contribution in [0.3, 0.4) is 0 Å². The predicted molar refractivity (Wildman–Crippen MR) is 285 cm³/mol. The molecule has 15 rings (SSSR count). The van der Waals surface area contributed by atoms with Crippen LogP contribution in [-0.2, 0) is 0 Å². The van der Waals surface area contributed by atoms with Gasteiger partial charge in [0.05, 0.1) is 21.4 Å². The van der Waals surface area contributed by atoms with Crippen molar-refractivity contribution in [3.8, 4) is 44.6 Å². The van der Waals surface area contributed by atoms with Crippen LogP contribution in [0.4, 0.5) is 0 Å². The van der Waals surface area contributed by atoms with Crippen molar-refractivity contribution in [3.05, 3.63) is 218 Å². The second-order valence-electron chi connectivity index (χ2n) is 17.9. The molecule has 67 heavy (non-hydrogen) atoms. The Hall–Kier alpha value is -8.57. The number of thiophene rings is 1. The summed E-state index contributed by atoms with van der Waals surface area (Å²) in [4.78, 5) is 5.47. The van der Waals surface area contributed by atoms with E-state index < -0.39 is 0 Å². The van der Waals surface area contributed by atoms with Crippen molar-refractivity contribution in [1.29, 1.82) is 0 Å². The molecule has 0 aliphatic heterocycles. The Bertz CT molecular complexity index is 4540. The van der Waals surface area contributed by atoms with Gasteiger partial charge in [-0.15, -0.1) is 11.3 Å². The number of imidazole rings is 1. The van der Waals surface area contributed by atoms with Gasteiger partial charge in [-0.25, -0.2) is 4.98 Å². The van der Waals surface area contributed by atoms with Crippen LogP contribution in [0.1, 0.15) is 0 Å². The maximum Gasteiger partial charge on any atom is 0.156 e. The zero-order valence-electron chi connectivity index (χ0n) is 36.0. The van der Waals surface area contributed by atoms with Crippen molar-refractivity contribution < 1.29 is 4.42 Å². The van der Waals surface area contributed by atoms with Gasteiger partial charge in [0.15, 0.2) is 5.65 Å². The fourth-order valence-electron chi connectivity index (χ4n) is 10.9. The highest BCUT2D eigenvalue weighted by Crippen LogP contribution is 2.44. The van der Waals surface area contributed by atoms with E-state index in [1.807, 2.05) is 23.5 Å². The molecule has 0 amide bonds. The third kappa shape index (κ3) is 5.54. The van der Waals surface area contributed by atoms with Gasteiger partial charge in [0.1, 0.15) is 11.2 Å². The lowest BCUT2D eigenvalue weighted by atomic mass is 9.91. The van der Waals surface area contributed by atoms with Crippen LogP contribution in [0.2, 0.25) is 0 Å². The molecule has 0 atom stereocenters. The van der Waals surface area contributed by atoms with Gasteiger partial charge in [-0.05, 0) is 125 Å². The molecule has 4 heteroatoms. The predicted octanol–water partition coefficient (Wildman–Crippen LogP) is 18.0. The molecule has 4 heterocycles. The summed E-state index contributed by atoms with van der Waals surface area (Å²) >= 11 is 1.85. The van der Waals surface area contributed by atoms with Gasteiger partial charge in [-0.1, -0.05) is 170 Å². The summed E-state index contributed by atoms with van der Waals surface area (Å²) in [7, 11) is 0. The summed E-state index contributed by atoms with van der Waals surface area (Å²) in [6.07, 6.45) is 0. The van der Waals surface area contributed by atoms with Crippen molar-refractivity contribution >= 4 is 113 Å². The first-order valence-electron chi connectivity index (χ1n) is 22.8. The minimum atomic E-state index is 0.914. The Kier molecular flexibility index (Phi) is 7.66. The number of benzene rings is 11. The maximum absolute atomic E-state index is 6.39. The van der Waals surface area contributed by atoms with E-state index in [9.17, 15) is 0 Å². The van der Waals surface area contributed by atoms with Crippen LogP contribution in [0, 0.1) is 0 Å². The molecule has 11 aromatic carbocycles. The van der Waals surface area contributed by atoms with E-state index in [1.165, 1.54) is 85.5 Å². The molecule has 0 fully saturated rings. The van der Waals surface area contributed by atoms with Crippen molar-refractivity contribution in [2.45, 2.75) is 0 Å². The lowest BCUT2D eigenvalue weighted by Crippen LogP contribution is -1.93. The summed E-state index contributed by atoms with van der Waals surface area (Å²) in [6, 6.07) is 79.8. The first-order chi connectivity index (χ1) is 33.2. The maximum atomic E-state index is 6.39. The van der Waals surface area contributed by atoms with Gasteiger partial charge in [0.25, 0.3) is 0 Å². The van der Waals surface area contributed by atoms with Gasteiger partial charge in [0, 0.05) is 31.8 Å². The largest absolute Gasteiger partial charge is 0.455 e. The lowest BCUT2D eigenvalue weighted by Gasteiger charge is -2.14. The number of rotatable bonds is 4. The minimum absolute atomic E-state index is 0.914. The quantitative estimate of drug-likeness (QED) is 0.165. The molecular formula is C63H36N2OS. The summed E-state index contributed by atoms with van der Waals surface area (Å²) in [6.45, 7) is 0. The Morgan fingerprint density at radius 1 is 0.373 bits per heavy atom. The summed E-state index contributed by atoms with van der Waals surface area (Å²) < 4.78 is 11.3. The Morgan fingerprint density at radius 2 is 0.925 bits per heavy atom. The molecule has 0 saturated carbocycles.